The molecule has 0 fully saturated rings. The Morgan fingerprint density at radius 1 is 1.10 bits per heavy atom. The van der Waals surface area contributed by atoms with E-state index in [2.05, 4.69) is 68.1 Å². The monoisotopic (exact) mass is 393 g/mol. The van der Waals surface area contributed by atoms with Crippen LogP contribution in [-0.2, 0) is 13.0 Å². The maximum Gasteiger partial charge on any atom is 0.191 e. The summed E-state index contributed by atoms with van der Waals surface area (Å²) >= 11 is 0. The second-order valence-corrected chi connectivity index (χ2v) is 7.26. The van der Waals surface area contributed by atoms with Crippen molar-refractivity contribution in [3.05, 3.63) is 65.9 Å². The molecule has 2 aromatic carbocycles. The summed E-state index contributed by atoms with van der Waals surface area (Å²) in [6.07, 6.45) is 3.02. The number of ether oxygens (including phenoxy) is 1. The fourth-order valence-electron chi connectivity index (χ4n) is 3.15. The van der Waals surface area contributed by atoms with Crippen molar-refractivity contribution in [2.75, 3.05) is 40.8 Å². The number of nitrogens with one attached hydrogen (secondary N) is 3. The van der Waals surface area contributed by atoms with Gasteiger partial charge >= 0.3 is 0 Å². The molecule has 0 spiro atoms. The SMILES string of the molecule is CN=C(NCCc1c[nH]c2ccccc12)NCc1cccc(OCCN(C)C)c1. The summed E-state index contributed by atoms with van der Waals surface area (Å²) < 4.78 is 5.81. The summed E-state index contributed by atoms with van der Waals surface area (Å²) in [4.78, 5) is 9.76. The van der Waals surface area contributed by atoms with Crippen molar-refractivity contribution in [2.24, 2.45) is 4.99 Å². The van der Waals surface area contributed by atoms with E-state index in [1.807, 2.05) is 26.2 Å². The van der Waals surface area contributed by atoms with Crippen LogP contribution in [0, 0.1) is 0 Å². The molecule has 6 nitrogen and oxygen atoms in total. The lowest BCUT2D eigenvalue weighted by Crippen LogP contribution is -2.37. The third-order valence-corrected chi connectivity index (χ3v) is 4.75. The van der Waals surface area contributed by atoms with Gasteiger partial charge in [-0.05, 0) is 49.8 Å². The van der Waals surface area contributed by atoms with Crippen LogP contribution in [0.3, 0.4) is 0 Å². The average molecular weight is 394 g/mol. The molecule has 0 saturated heterocycles. The topological polar surface area (TPSA) is 64.7 Å². The van der Waals surface area contributed by atoms with Gasteiger partial charge in [-0.1, -0.05) is 30.3 Å². The first kappa shape index (κ1) is 20.7. The van der Waals surface area contributed by atoms with Gasteiger partial charge in [-0.15, -0.1) is 0 Å². The first-order valence-corrected chi connectivity index (χ1v) is 10.0. The average Bonchev–Trinajstić information content (AvgIpc) is 3.14. The number of hydrogen-bond acceptors (Lipinski definition) is 3. The zero-order valence-electron chi connectivity index (χ0n) is 17.5. The van der Waals surface area contributed by atoms with Crippen molar-refractivity contribution in [1.29, 1.82) is 0 Å². The van der Waals surface area contributed by atoms with Crippen LogP contribution in [0.2, 0.25) is 0 Å². The zero-order valence-corrected chi connectivity index (χ0v) is 17.5. The van der Waals surface area contributed by atoms with Gasteiger partial charge in [0.05, 0.1) is 0 Å². The third-order valence-electron chi connectivity index (χ3n) is 4.75. The molecule has 0 bridgehead atoms. The quantitative estimate of drug-likeness (QED) is 0.386. The highest BCUT2D eigenvalue weighted by Crippen LogP contribution is 2.17. The van der Waals surface area contributed by atoms with Crippen molar-refractivity contribution < 1.29 is 4.74 Å². The molecule has 0 radical (unpaired) electrons. The summed E-state index contributed by atoms with van der Waals surface area (Å²) in [7, 11) is 5.88. The molecule has 1 aromatic heterocycles. The van der Waals surface area contributed by atoms with E-state index in [9.17, 15) is 0 Å². The lowest BCUT2D eigenvalue weighted by molar-refractivity contribution is 0.261. The summed E-state index contributed by atoms with van der Waals surface area (Å²) in [6, 6.07) is 16.6. The van der Waals surface area contributed by atoms with Gasteiger partial charge in [0.25, 0.3) is 0 Å². The molecule has 1 heterocycles. The first-order chi connectivity index (χ1) is 14.2. The van der Waals surface area contributed by atoms with E-state index in [0.717, 1.165) is 36.8 Å². The molecular formula is C23H31N5O. The van der Waals surface area contributed by atoms with Crippen molar-refractivity contribution >= 4 is 16.9 Å². The van der Waals surface area contributed by atoms with Gasteiger partial charge in [-0.2, -0.15) is 0 Å². The van der Waals surface area contributed by atoms with Crippen molar-refractivity contribution in [3.63, 3.8) is 0 Å². The Morgan fingerprint density at radius 3 is 2.79 bits per heavy atom. The summed E-state index contributed by atoms with van der Waals surface area (Å²) in [5, 5.41) is 8.04. The number of aliphatic imine (C=N–C) groups is 1. The minimum Gasteiger partial charge on any atom is -0.492 e. The Balaban J connectivity index is 1.45. The van der Waals surface area contributed by atoms with E-state index in [0.29, 0.717) is 13.2 Å². The minimum atomic E-state index is 0.681. The summed E-state index contributed by atoms with van der Waals surface area (Å²) in [5.74, 6) is 1.69. The molecule has 0 saturated carbocycles. The van der Waals surface area contributed by atoms with Crippen LogP contribution >= 0.6 is 0 Å². The van der Waals surface area contributed by atoms with E-state index in [1.165, 1.54) is 16.5 Å². The molecule has 0 aliphatic carbocycles. The standard InChI is InChI=1S/C23H31N5O/c1-24-23(25-12-11-19-17-26-22-10-5-4-9-21(19)22)27-16-18-7-6-8-20(15-18)29-14-13-28(2)3/h4-10,15,17,26H,11-14,16H2,1-3H3,(H2,24,25,27). The van der Waals surface area contributed by atoms with E-state index in [4.69, 9.17) is 4.74 Å². The molecule has 0 aliphatic rings. The molecule has 3 aromatic rings. The summed E-state index contributed by atoms with van der Waals surface area (Å²) in [6.45, 7) is 3.09. The number of likely N-dealkylation sites (N-methyl/N-ethyl adjacent to an activating group) is 1. The van der Waals surface area contributed by atoms with Gasteiger partial charge in [0.2, 0.25) is 0 Å². The number of para-hydroxylation sites is 1. The number of guanidine groups is 1. The number of fused-ring (bicyclic) bond motifs is 1. The van der Waals surface area contributed by atoms with Gasteiger partial charge in [0.1, 0.15) is 12.4 Å². The van der Waals surface area contributed by atoms with Gasteiger partial charge in [-0.25, -0.2) is 0 Å². The van der Waals surface area contributed by atoms with Gasteiger partial charge < -0.3 is 25.3 Å². The van der Waals surface area contributed by atoms with Crippen LogP contribution < -0.4 is 15.4 Å². The van der Waals surface area contributed by atoms with Crippen molar-refractivity contribution in [1.82, 2.24) is 20.5 Å². The smallest absolute Gasteiger partial charge is 0.191 e. The van der Waals surface area contributed by atoms with Crippen LogP contribution in [-0.4, -0.2) is 56.7 Å². The van der Waals surface area contributed by atoms with E-state index in [-0.39, 0.29) is 0 Å². The van der Waals surface area contributed by atoms with E-state index in [1.54, 1.807) is 7.05 Å². The fraction of sp³-hybridized carbons (Fsp3) is 0.348. The number of H-pyrrole nitrogens is 1. The molecule has 6 heteroatoms. The number of nitrogens with zero attached hydrogens (tertiary/aromatic N) is 2. The molecule has 154 valence electrons. The molecule has 0 unspecified atom stereocenters. The van der Waals surface area contributed by atoms with Crippen LogP contribution in [0.15, 0.2) is 59.7 Å². The molecule has 3 rings (SSSR count). The fourth-order valence-corrected chi connectivity index (χ4v) is 3.15. The third kappa shape index (κ3) is 6.26. The minimum absolute atomic E-state index is 0.681. The predicted molar refractivity (Wildman–Crippen MR) is 121 cm³/mol. The van der Waals surface area contributed by atoms with Crippen LogP contribution in [0.1, 0.15) is 11.1 Å². The second kappa shape index (κ2) is 10.5. The van der Waals surface area contributed by atoms with Crippen molar-refractivity contribution in [2.45, 2.75) is 13.0 Å². The Morgan fingerprint density at radius 2 is 1.97 bits per heavy atom. The Hall–Kier alpha value is -2.99. The Bertz CT molecular complexity index is 932. The second-order valence-electron chi connectivity index (χ2n) is 7.26. The number of rotatable bonds is 9. The van der Waals surface area contributed by atoms with Crippen LogP contribution in [0.5, 0.6) is 5.75 Å². The first-order valence-electron chi connectivity index (χ1n) is 10.0. The molecule has 3 N–H and O–H groups in total. The molecule has 0 amide bonds. The highest BCUT2D eigenvalue weighted by molar-refractivity contribution is 5.83. The normalized spacial score (nSPS) is 11.8. The molecule has 0 aliphatic heterocycles. The van der Waals surface area contributed by atoms with Gasteiger partial charge in [0.15, 0.2) is 5.96 Å². The number of hydrogen-bond donors (Lipinski definition) is 3. The lowest BCUT2D eigenvalue weighted by Gasteiger charge is -2.13. The summed E-state index contributed by atoms with van der Waals surface area (Å²) in [5.41, 5.74) is 3.65. The zero-order chi connectivity index (χ0) is 20.5. The molecular weight excluding hydrogens is 362 g/mol. The largest absolute Gasteiger partial charge is 0.492 e. The predicted octanol–water partition coefficient (Wildman–Crippen LogP) is 3.02. The van der Waals surface area contributed by atoms with Crippen molar-refractivity contribution in [3.8, 4) is 5.75 Å². The highest BCUT2D eigenvalue weighted by Gasteiger charge is 2.04. The number of aromatic amines is 1. The van der Waals surface area contributed by atoms with Crippen LogP contribution in [0.4, 0.5) is 0 Å². The Kier molecular flexibility index (Phi) is 7.53. The molecule has 29 heavy (non-hydrogen) atoms. The highest BCUT2D eigenvalue weighted by atomic mass is 16.5. The van der Waals surface area contributed by atoms with E-state index >= 15 is 0 Å². The van der Waals surface area contributed by atoms with E-state index < -0.39 is 0 Å². The lowest BCUT2D eigenvalue weighted by atomic mass is 10.1. The molecule has 0 atom stereocenters. The number of benzene rings is 2. The Labute approximate surface area is 173 Å². The van der Waals surface area contributed by atoms with Gasteiger partial charge in [-0.3, -0.25) is 4.99 Å². The maximum atomic E-state index is 5.81. The maximum absolute atomic E-state index is 5.81. The van der Waals surface area contributed by atoms with Crippen LogP contribution in [0.25, 0.3) is 10.9 Å². The van der Waals surface area contributed by atoms with Gasteiger partial charge in [0, 0.05) is 43.8 Å². The number of aromatic nitrogens is 1.